The molecule has 1 rings (SSSR count). The minimum absolute atomic E-state index is 0.0390. The van der Waals surface area contributed by atoms with Gasteiger partial charge in [-0.1, -0.05) is 13.8 Å². The lowest BCUT2D eigenvalue weighted by Gasteiger charge is -2.26. The van der Waals surface area contributed by atoms with Crippen LogP contribution in [0.5, 0.6) is 5.75 Å². The Morgan fingerprint density at radius 3 is 2.43 bits per heavy atom. The van der Waals surface area contributed by atoms with E-state index in [1.807, 2.05) is 13.8 Å². The van der Waals surface area contributed by atoms with Crippen molar-refractivity contribution in [3.63, 3.8) is 0 Å². The van der Waals surface area contributed by atoms with Crippen LogP contribution in [0.1, 0.15) is 37.6 Å². The molecular formula is C14H21NO5S. The number of carboxylic acid groups (broad SMARTS) is 1. The summed E-state index contributed by atoms with van der Waals surface area (Å²) in [5, 5.41) is 9.15. The van der Waals surface area contributed by atoms with Crippen molar-refractivity contribution in [1.82, 2.24) is 4.31 Å². The zero-order chi connectivity index (χ0) is 16.2. The molecule has 6 nitrogen and oxygen atoms in total. The number of carboxylic acids is 1. The van der Waals surface area contributed by atoms with E-state index >= 15 is 0 Å². The third kappa shape index (κ3) is 3.54. The molecule has 1 N–H and O–H groups in total. The van der Waals surface area contributed by atoms with E-state index in [1.54, 1.807) is 6.92 Å². The third-order valence-electron chi connectivity index (χ3n) is 3.40. The molecule has 1 atom stereocenters. The largest absolute Gasteiger partial charge is 0.496 e. The number of hydrogen-bond acceptors (Lipinski definition) is 4. The molecule has 0 spiro atoms. The molecule has 0 bridgehead atoms. The van der Waals surface area contributed by atoms with Crippen LogP contribution < -0.4 is 4.74 Å². The number of benzene rings is 1. The van der Waals surface area contributed by atoms with E-state index in [4.69, 9.17) is 9.84 Å². The summed E-state index contributed by atoms with van der Waals surface area (Å²) in [4.78, 5) is 11.2. The highest BCUT2D eigenvalue weighted by Gasteiger charge is 2.28. The van der Waals surface area contributed by atoms with Crippen LogP contribution in [0.2, 0.25) is 0 Å². The highest BCUT2D eigenvalue weighted by Crippen LogP contribution is 2.25. The van der Waals surface area contributed by atoms with Gasteiger partial charge in [-0.3, -0.25) is 0 Å². The second kappa shape index (κ2) is 6.91. The van der Waals surface area contributed by atoms with Gasteiger partial charge >= 0.3 is 5.97 Å². The molecule has 21 heavy (non-hydrogen) atoms. The summed E-state index contributed by atoms with van der Waals surface area (Å²) < 4.78 is 31.6. The molecule has 118 valence electrons. The molecule has 7 heteroatoms. The smallest absolute Gasteiger partial charge is 0.339 e. The Hall–Kier alpha value is -1.60. The predicted octanol–water partition coefficient (Wildman–Crippen LogP) is 2.20. The maximum atomic E-state index is 12.6. The van der Waals surface area contributed by atoms with Gasteiger partial charge in [-0.05, 0) is 31.5 Å². The minimum Gasteiger partial charge on any atom is -0.496 e. The van der Waals surface area contributed by atoms with E-state index in [-0.39, 0.29) is 22.3 Å². The van der Waals surface area contributed by atoms with Gasteiger partial charge in [-0.25, -0.2) is 13.2 Å². The maximum Gasteiger partial charge on any atom is 0.339 e. The fourth-order valence-corrected chi connectivity index (χ4v) is 3.81. The number of hydrogen-bond donors (Lipinski definition) is 1. The standard InChI is InChI=1S/C14H21NO5S/c1-5-10(3)15(6-2)21(18,19)11-7-8-13(20-4)12(9-11)14(16)17/h7-10H,5-6H2,1-4H3,(H,16,17). The lowest BCUT2D eigenvalue weighted by atomic mass is 10.2. The third-order valence-corrected chi connectivity index (χ3v) is 5.49. The molecule has 0 aliphatic rings. The van der Waals surface area contributed by atoms with Crippen LogP contribution in [0.25, 0.3) is 0 Å². The molecule has 1 aromatic carbocycles. The molecule has 0 saturated heterocycles. The van der Waals surface area contributed by atoms with E-state index in [0.717, 1.165) is 6.07 Å². The van der Waals surface area contributed by atoms with Gasteiger partial charge in [-0.15, -0.1) is 0 Å². The van der Waals surface area contributed by atoms with E-state index in [1.165, 1.54) is 23.5 Å². The van der Waals surface area contributed by atoms with Crippen LogP contribution in [0.15, 0.2) is 23.1 Å². The topological polar surface area (TPSA) is 83.9 Å². The molecular weight excluding hydrogens is 294 g/mol. The Bertz CT molecular complexity index is 612. The molecule has 0 saturated carbocycles. The molecule has 0 aliphatic heterocycles. The summed E-state index contributed by atoms with van der Waals surface area (Å²) >= 11 is 0. The number of ether oxygens (including phenoxy) is 1. The minimum atomic E-state index is -3.73. The summed E-state index contributed by atoms with van der Waals surface area (Å²) in [5.74, 6) is -1.09. The van der Waals surface area contributed by atoms with Crippen molar-refractivity contribution < 1.29 is 23.1 Å². The van der Waals surface area contributed by atoms with Gasteiger partial charge < -0.3 is 9.84 Å². The number of rotatable bonds is 7. The Kier molecular flexibility index (Phi) is 5.74. The molecule has 0 heterocycles. The van der Waals surface area contributed by atoms with Gasteiger partial charge in [-0.2, -0.15) is 4.31 Å². The van der Waals surface area contributed by atoms with Crippen molar-refractivity contribution >= 4 is 16.0 Å². The van der Waals surface area contributed by atoms with Crippen LogP contribution in [0.3, 0.4) is 0 Å². The van der Waals surface area contributed by atoms with E-state index in [9.17, 15) is 13.2 Å². The summed E-state index contributed by atoms with van der Waals surface area (Å²) in [5.41, 5.74) is -0.168. The van der Waals surface area contributed by atoms with Gasteiger partial charge in [0.1, 0.15) is 11.3 Å². The van der Waals surface area contributed by atoms with Gasteiger partial charge in [0.25, 0.3) is 0 Å². The summed E-state index contributed by atoms with van der Waals surface area (Å²) in [6.07, 6.45) is 0.676. The monoisotopic (exact) mass is 315 g/mol. The first-order valence-corrected chi connectivity index (χ1v) is 8.16. The zero-order valence-electron chi connectivity index (χ0n) is 12.7. The first-order chi connectivity index (χ1) is 9.79. The van der Waals surface area contributed by atoms with Crippen molar-refractivity contribution in [1.29, 1.82) is 0 Å². The summed E-state index contributed by atoms with van der Waals surface area (Å²) in [6.45, 7) is 5.80. The van der Waals surface area contributed by atoms with E-state index in [0.29, 0.717) is 13.0 Å². The Balaban J connectivity index is 3.38. The van der Waals surface area contributed by atoms with Crippen molar-refractivity contribution in [2.75, 3.05) is 13.7 Å². The van der Waals surface area contributed by atoms with Crippen LogP contribution in [0, 0.1) is 0 Å². The molecule has 0 amide bonds. The normalized spacial score (nSPS) is 13.2. The van der Waals surface area contributed by atoms with Crippen molar-refractivity contribution in [2.24, 2.45) is 0 Å². The summed E-state index contributed by atoms with van der Waals surface area (Å²) in [6, 6.07) is 3.71. The SMILES string of the molecule is CCC(C)N(CC)S(=O)(=O)c1ccc(OC)c(C(=O)O)c1. The number of carbonyl (C=O) groups is 1. The Morgan fingerprint density at radius 2 is 2.00 bits per heavy atom. The van der Waals surface area contributed by atoms with Crippen LogP contribution in [0.4, 0.5) is 0 Å². The fraction of sp³-hybridized carbons (Fsp3) is 0.500. The van der Waals surface area contributed by atoms with Crippen molar-refractivity contribution in [3.05, 3.63) is 23.8 Å². The number of aromatic carboxylic acids is 1. The maximum absolute atomic E-state index is 12.6. The van der Waals surface area contributed by atoms with E-state index < -0.39 is 16.0 Å². The molecule has 1 unspecified atom stereocenters. The molecule has 0 radical (unpaired) electrons. The second-order valence-electron chi connectivity index (χ2n) is 4.63. The van der Waals surface area contributed by atoms with Crippen molar-refractivity contribution in [2.45, 2.75) is 38.1 Å². The first kappa shape index (κ1) is 17.5. The fourth-order valence-electron chi connectivity index (χ4n) is 2.07. The highest BCUT2D eigenvalue weighted by molar-refractivity contribution is 7.89. The second-order valence-corrected chi connectivity index (χ2v) is 6.52. The predicted molar refractivity (Wildman–Crippen MR) is 79.3 cm³/mol. The quantitative estimate of drug-likeness (QED) is 0.834. The molecule has 0 aliphatic carbocycles. The lowest BCUT2D eigenvalue weighted by molar-refractivity contribution is 0.0693. The molecule has 0 aromatic heterocycles. The average Bonchev–Trinajstić information content (AvgIpc) is 2.46. The van der Waals surface area contributed by atoms with Gasteiger partial charge in [0.15, 0.2) is 0 Å². The number of sulfonamides is 1. The summed E-state index contributed by atoms with van der Waals surface area (Å²) in [7, 11) is -2.39. The average molecular weight is 315 g/mol. The van der Waals surface area contributed by atoms with Gasteiger partial charge in [0.2, 0.25) is 10.0 Å². The Labute approximate surface area is 125 Å². The van der Waals surface area contributed by atoms with Crippen LogP contribution >= 0.6 is 0 Å². The van der Waals surface area contributed by atoms with E-state index in [2.05, 4.69) is 0 Å². The van der Waals surface area contributed by atoms with Crippen LogP contribution in [-0.2, 0) is 10.0 Å². The van der Waals surface area contributed by atoms with Gasteiger partial charge in [0, 0.05) is 12.6 Å². The molecule has 1 aromatic rings. The van der Waals surface area contributed by atoms with Crippen LogP contribution in [-0.4, -0.2) is 43.5 Å². The number of nitrogens with zero attached hydrogens (tertiary/aromatic N) is 1. The Morgan fingerprint density at radius 1 is 1.38 bits per heavy atom. The number of methoxy groups -OCH3 is 1. The highest BCUT2D eigenvalue weighted by atomic mass is 32.2. The van der Waals surface area contributed by atoms with Gasteiger partial charge in [0.05, 0.1) is 12.0 Å². The molecule has 0 fully saturated rings. The first-order valence-electron chi connectivity index (χ1n) is 6.72. The van der Waals surface area contributed by atoms with Crippen molar-refractivity contribution in [3.8, 4) is 5.75 Å². The lowest BCUT2D eigenvalue weighted by Crippen LogP contribution is -2.38. The zero-order valence-corrected chi connectivity index (χ0v) is 13.5.